The normalized spacial score (nSPS) is 11.2. The van der Waals surface area contributed by atoms with Crippen LogP contribution in [-0.2, 0) is 11.3 Å². The maximum atomic E-state index is 11.5. The largest absolute Gasteiger partial charge is 0.497 e. The van der Waals surface area contributed by atoms with Crippen molar-refractivity contribution in [2.45, 2.75) is 20.4 Å². The molecule has 0 saturated heterocycles. The summed E-state index contributed by atoms with van der Waals surface area (Å²) >= 11 is 0. The maximum Gasteiger partial charge on any atom is 0.323 e. The number of carboxylic acid groups (broad SMARTS) is 1. The maximum absolute atomic E-state index is 11.5. The fraction of sp³-hybridized carbons (Fsp3) is 0.364. The third-order valence-electron chi connectivity index (χ3n) is 4.94. The second kappa shape index (κ2) is 9.43. The van der Waals surface area contributed by atoms with E-state index < -0.39 is 5.97 Å². The molecule has 0 aliphatic heterocycles. The highest BCUT2D eigenvalue weighted by Crippen LogP contribution is 2.35. The average molecular weight is 397 g/mol. The first-order chi connectivity index (χ1) is 14.1. The van der Waals surface area contributed by atoms with Crippen LogP contribution in [0, 0.1) is 0 Å². The first-order valence-electron chi connectivity index (χ1n) is 9.78. The molecule has 0 bridgehead atoms. The van der Waals surface area contributed by atoms with E-state index in [9.17, 15) is 9.90 Å². The van der Waals surface area contributed by atoms with Gasteiger partial charge in [-0.1, -0.05) is 26.0 Å². The molecule has 154 valence electrons. The lowest BCUT2D eigenvalue weighted by molar-refractivity contribution is -0.137. The van der Waals surface area contributed by atoms with Crippen LogP contribution in [0.4, 0.5) is 0 Å². The summed E-state index contributed by atoms with van der Waals surface area (Å²) in [5.41, 5.74) is 2.26. The number of methoxy groups -OCH3 is 1. The Morgan fingerprint density at radius 2 is 1.93 bits per heavy atom. The van der Waals surface area contributed by atoms with Crippen molar-refractivity contribution < 1.29 is 19.4 Å². The zero-order valence-corrected chi connectivity index (χ0v) is 17.1. The Bertz CT molecular complexity index is 979. The molecule has 0 radical (unpaired) electrons. The number of aliphatic carboxylic acids is 1. The summed E-state index contributed by atoms with van der Waals surface area (Å²) in [7, 11) is 1.61. The van der Waals surface area contributed by atoms with Crippen molar-refractivity contribution in [3.63, 3.8) is 0 Å². The number of hydrogen-bond donors (Lipinski definition) is 1. The molecule has 1 aromatic heterocycles. The zero-order valence-electron chi connectivity index (χ0n) is 17.1. The van der Waals surface area contributed by atoms with Crippen LogP contribution in [0.1, 0.15) is 13.8 Å². The quantitative estimate of drug-likeness (QED) is 0.564. The van der Waals surface area contributed by atoms with E-state index in [1.807, 2.05) is 42.5 Å². The lowest BCUT2D eigenvalue weighted by Crippen LogP contribution is -2.28. The van der Waals surface area contributed by atoms with Crippen LogP contribution in [0.25, 0.3) is 22.4 Å². The van der Waals surface area contributed by atoms with Gasteiger partial charge in [-0.05, 0) is 37.4 Å². The standard InChI is InChI=1S/C22H27N3O4/c1-4-24(5-2)12-13-29-20-14-16(28-3)10-11-17(20)22-23-18-8-6-7-9-19(18)25(22)15-21(26)27/h6-11,14H,4-5,12-13,15H2,1-3H3,(H,26,27). The molecule has 3 rings (SSSR count). The number of nitrogens with zero attached hydrogens (tertiary/aromatic N) is 3. The summed E-state index contributed by atoms with van der Waals surface area (Å²) in [6.07, 6.45) is 0. The number of para-hydroxylation sites is 2. The van der Waals surface area contributed by atoms with Crippen LogP contribution in [0.5, 0.6) is 11.5 Å². The van der Waals surface area contributed by atoms with Gasteiger partial charge in [0.15, 0.2) is 0 Å². The number of hydrogen-bond acceptors (Lipinski definition) is 5. The number of imidazole rings is 1. The van der Waals surface area contributed by atoms with Crippen LogP contribution in [-0.4, -0.2) is 58.9 Å². The summed E-state index contributed by atoms with van der Waals surface area (Å²) in [4.78, 5) is 18.5. The van der Waals surface area contributed by atoms with Gasteiger partial charge in [0, 0.05) is 12.6 Å². The highest BCUT2D eigenvalue weighted by atomic mass is 16.5. The minimum Gasteiger partial charge on any atom is -0.497 e. The van der Waals surface area contributed by atoms with Crippen molar-refractivity contribution in [2.24, 2.45) is 0 Å². The minimum atomic E-state index is -0.924. The van der Waals surface area contributed by atoms with Crippen molar-refractivity contribution in [3.8, 4) is 22.9 Å². The van der Waals surface area contributed by atoms with Crippen LogP contribution in [0.3, 0.4) is 0 Å². The van der Waals surface area contributed by atoms with Gasteiger partial charge in [0.05, 0.1) is 23.7 Å². The van der Waals surface area contributed by atoms with Gasteiger partial charge in [0.25, 0.3) is 0 Å². The molecular formula is C22H27N3O4. The Labute approximate surface area is 170 Å². The molecule has 7 nitrogen and oxygen atoms in total. The average Bonchev–Trinajstić information content (AvgIpc) is 3.08. The molecule has 0 aliphatic rings. The Hall–Kier alpha value is -3.06. The van der Waals surface area contributed by atoms with E-state index in [1.165, 1.54) is 0 Å². The molecule has 0 atom stereocenters. The van der Waals surface area contributed by atoms with Crippen molar-refractivity contribution in [2.75, 3.05) is 33.4 Å². The van der Waals surface area contributed by atoms with Crippen LogP contribution in [0.2, 0.25) is 0 Å². The smallest absolute Gasteiger partial charge is 0.323 e. The van der Waals surface area contributed by atoms with E-state index in [1.54, 1.807) is 11.7 Å². The number of fused-ring (bicyclic) bond motifs is 1. The molecule has 0 unspecified atom stereocenters. The number of carbonyl (C=O) groups is 1. The Morgan fingerprint density at radius 3 is 2.62 bits per heavy atom. The second-order valence-electron chi connectivity index (χ2n) is 6.64. The summed E-state index contributed by atoms with van der Waals surface area (Å²) in [5.74, 6) is 0.937. The molecule has 29 heavy (non-hydrogen) atoms. The van der Waals surface area contributed by atoms with E-state index in [-0.39, 0.29) is 6.54 Å². The van der Waals surface area contributed by atoms with Crippen molar-refractivity contribution in [1.29, 1.82) is 0 Å². The van der Waals surface area contributed by atoms with E-state index in [2.05, 4.69) is 18.7 Å². The second-order valence-corrected chi connectivity index (χ2v) is 6.64. The monoisotopic (exact) mass is 397 g/mol. The number of rotatable bonds is 10. The van der Waals surface area contributed by atoms with Gasteiger partial charge >= 0.3 is 5.97 Å². The first kappa shape index (κ1) is 20.7. The van der Waals surface area contributed by atoms with Crippen LogP contribution < -0.4 is 9.47 Å². The Kier molecular flexibility index (Phi) is 6.72. The Morgan fingerprint density at radius 1 is 1.17 bits per heavy atom. The lowest BCUT2D eigenvalue weighted by Gasteiger charge is -2.19. The third-order valence-corrected chi connectivity index (χ3v) is 4.94. The fourth-order valence-corrected chi connectivity index (χ4v) is 3.33. The van der Waals surface area contributed by atoms with Gasteiger partial charge in [0.1, 0.15) is 30.5 Å². The van der Waals surface area contributed by atoms with Crippen molar-refractivity contribution >= 4 is 17.0 Å². The van der Waals surface area contributed by atoms with Gasteiger partial charge in [-0.3, -0.25) is 4.79 Å². The zero-order chi connectivity index (χ0) is 20.8. The van der Waals surface area contributed by atoms with Crippen molar-refractivity contribution in [1.82, 2.24) is 14.5 Å². The highest BCUT2D eigenvalue weighted by molar-refractivity contribution is 5.84. The topological polar surface area (TPSA) is 76.8 Å². The molecule has 2 aromatic carbocycles. The summed E-state index contributed by atoms with van der Waals surface area (Å²) in [5, 5.41) is 9.42. The minimum absolute atomic E-state index is 0.180. The van der Waals surface area contributed by atoms with E-state index >= 15 is 0 Å². The molecule has 0 aliphatic carbocycles. The summed E-state index contributed by atoms with van der Waals surface area (Å²) in [6, 6.07) is 13.0. The van der Waals surface area contributed by atoms with Gasteiger partial charge in [-0.15, -0.1) is 0 Å². The predicted octanol–water partition coefficient (Wildman–Crippen LogP) is 3.52. The number of carboxylic acids is 1. The molecule has 0 saturated carbocycles. The number of ether oxygens (including phenoxy) is 2. The number of aromatic nitrogens is 2. The predicted molar refractivity (Wildman–Crippen MR) is 113 cm³/mol. The number of benzene rings is 2. The Balaban J connectivity index is 2.02. The van der Waals surface area contributed by atoms with Gasteiger partial charge < -0.3 is 24.0 Å². The number of likely N-dealkylation sites (N-methyl/N-ethyl adjacent to an activating group) is 1. The van der Waals surface area contributed by atoms with E-state index in [4.69, 9.17) is 14.5 Å². The van der Waals surface area contributed by atoms with Gasteiger partial charge in [0.2, 0.25) is 0 Å². The SMILES string of the molecule is CCN(CC)CCOc1cc(OC)ccc1-c1nc2ccccc2n1CC(=O)O. The molecular weight excluding hydrogens is 370 g/mol. The van der Waals surface area contributed by atoms with Crippen molar-refractivity contribution in [3.05, 3.63) is 42.5 Å². The third kappa shape index (κ3) is 4.68. The van der Waals surface area contributed by atoms with Crippen LogP contribution >= 0.6 is 0 Å². The van der Waals surface area contributed by atoms with Gasteiger partial charge in [-0.25, -0.2) is 4.98 Å². The van der Waals surface area contributed by atoms with E-state index in [0.29, 0.717) is 23.9 Å². The lowest BCUT2D eigenvalue weighted by atomic mass is 10.1. The van der Waals surface area contributed by atoms with Gasteiger partial charge in [-0.2, -0.15) is 0 Å². The highest BCUT2D eigenvalue weighted by Gasteiger charge is 2.19. The molecule has 0 spiro atoms. The molecule has 7 heteroatoms. The summed E-state index contributed by atoms with van der Waals surface area (Å²) in [6.45, 7) is 7.29. The molecule has 3 aromatic rings. The molecule has 0 amide bonds. The van der Waals surface area contributed by atoms with Crippen LogP contribution in [0.15, 0.2) is 42.5 Å². The molecule has 1 N–H and O–H groups in total. The van der Waals surface area contributed by atoms with E-state index in [0.717, 1.165) is 36.2 Å². The molecule has 0 fully saturated rings. The molecule has 1 heterocycles. The first-order valence-corrected chi connectivity index (χ1v) is 9.78. The summed E-state index contributed by atoms with van der Waals surface area (Å²) < 4.78 is 13.2. The fourth-order valence-electron chi connectivity index (χ4n) is 3.33.